The number of nitrogens with one attached hydrogen (secondary N) is 1. The summed E-state index contributed by atoms with van der Waals surface area (Å²) in [5, 5.41) is 3.28. The predicted molar refractivity (Wildman–Crippen MR) is 88.6 cm³/mol. The second-order valence-electron chi connectivity index (χ2n) is 4.36. The summed E-state index contributed by atoms with van der Waals surface area (Å²) in [6.45, 7) is 0.676. The molecule has 0 saturated carbocycles. The summed E-state index contributed by atoms with van der Waals surface area (Å²) in [5.74, 6) is -0.214. The van der Waals surface area contributed by atoms with Crippen LogP contribution in [-0.2, 0) is 6.42 Å². The molecule has 2 nitrogen and oxygen atoms in total. The number of nitrogens with two attached hydrogens (primary N) is 1. The van der Waals surface area contributed by atoms with Crippen LogP contribution in [-0.4, -0.2) is 11.5 Å². The number of hydrogen-bond donors (Lipinski definition) is 2. The molecule has 0 aliphatic heterocycles. The van der Waals surface area contributed by atoms with E-state index in [1.54, 1.807) is 6.07 Å². The van der Waals surface area contributed by atoms with Gasteiger partial charge in [0.1, 0.15) is 10.8 Å². The molecule has 0 aromatic heterocycles. The Kier molecular flexibility index (Phi) is 5.09. The molecule has 0 aliphatic carbocycles. The van der Waals surface area contributed by atoms with Gasteiger partial charge in [-0.15, -0.1) is 0 Å². The second-order valence-corrected chi connectivity index (χ2v) is 5.72. The van der Waals surface area contributed by atoms with Gasteiger partial charge in [-0.2, -0.15) is 0 Å². The minimum Gasteiger partial charge on any atom is -0.389 e. The number of anilines is 1. The molecule has 0 heterocycles. The van der Waals surface area contributed by atoms with Gasteiger partial charge < -0.3 is 11.1 Å². The van der Waals surface area contributed by atoms with Crippen LogP contribution in [0.15, 0.2) is 46.9 Å². The smallest absolute Gasteiger partial charge is 0.123 e. The van der Waals surface area contributed by atoms with E-state index < -0.39 is 0 Å². The minimum atomic E-state index is -0.214. The Morgan fingerprint density at radius 3 is 2.75 bits per heavy atom. The molecule has 0 saturated heterocycles. The van der Waals surface area contributed by atoms with E-state index in [1.807, 2.05) is 24.3 Å². The highest BCUT2D eigenvalue weighted by molar-refractivity contribution is 9.10. The molecule has 0 unspecified atom stereocenters. The zero-order valence-corrected chi connectivity index (χ0v) is 13.1. The third kappa shape index (κ3) is 4.02. The molecule has 0 aliphatic rings. The van der Waals surface area contributed by atoms with Crippen LogP contribution in [0.2, 0.25) is 0 Å². The molecule has 0 atom stereocenters. The third-order valence-electron chi connectivity index (χ3n) is 2.87. The lowest BCUT2D eigenvalue weighted by atomic mass is 10.1. The van der Waals surface area contributed by atoms with Crippen LogP contribution in [0, 0.1) is 5.82 Å². The van der Waals surface area contributed by atoms with Gasteiger partial charge in [0.15, 0.2) is 0 Å². The maximum Gasteiger partial charge on any atom is 0.123 e. The average molecular weight is 353 g/mol. The van der Waals surface area contributed by atoms with Gasteiger partial charge in [0.2, 0.25) is 0 Å². The average Bonchev–Trinajstić information content (AvgIpc) is 2.38. The molecule has 0 amide bonds. The van der Waals surface area contributed by atoms with Gasteiger partial charge in [-0.3, -0.25) is 0 Å². The van der Waals surface area contributed by atoms with Crippen molar-refractivity contribution in [3.05, 3.63) is 63.9 Å². The van der Waals surface area contributed by atoms with Crippen LogP contribution in [0.5, 0.6) is 0 Å². The van der Waals surface area contributed by atoms with Crippen LogP contribution < -0.4 is 11.1 Å². The summed E-state index contributed by atoms with van der Waals surface area (Å²) in [7, 11) is 0. The molecule has 0 fully saturated rings. The second kappa shape index (κ2) is 6.81. The van der Waals surface area contributed by atoms with Gasteiger partial charge in [-0.1, -0.05) is 40.3 Å². The molecular weight excluding hydrogens is 339 g/mol. The SMILES string of the molecule is NC(=S)c1ccc(Br)cc1NCCc1cccc(F)c1. The van der Waals surface area contributed by atoms with Crippen molar-refractivity contribution in [1.29, 1.82) is 0 Å². The predicted octanol–water partition coefficient (Wildman–Crippen LogP) is 3.88. The maximum absolute atomic E-state index is 13.1. The van der Waals surface area contributed by atoms with Gasteiger partial charge >= 0.3 is 0 Å². The third-order valence-corrected chi connectivity index (χ3v) is 3.58. The normalized spacial score (nSPS) is 10.3. The summed E-state index contributed by atoms with van der Waals surface area (Å²) in [6.07, 6.45) is 0.723. The van der Waals surface area contributed by atoms with Crippen molar-refractivity contribution in [1.82, 2.24) is 0 Å². The van der Waals surface area contributed by atoms with E-state index in [1.165, 1.54) is 12.1 Å². The van der Waals surface area contributed by atoms with Crippen LogP contribution in [0.3, 0.4) is 0 Å². The van der Waals surface area contributed by atoms with Crippen LogP contribution >= 0.6 is 28.1 Å². The zero-order chi connectivity index (χ0) is 14.5. The molecule has 0 radical (unpaired) electrons. The Hall–Kier alpha value is -1.46. The maximum atomic E-state index is 13.1. The highest BCUT2D eigenvalue weighted by atomic mass is 79.9. The van der Waals surface area contributed by atoms with Crippen molar-refractivity contribution in [2.24, 2.45) is 5.73 Å². The fourth-order valence-electron chi connectivity index (χ4n) is 1.91. The van der Waals surface area contributed by atoms with Crippen molar-refractivity contribution in [3.8, 4) is 0 Å². The van der Waals surface area contributed by atoms with E-state index >= 15 is 0 Å². The van der Waals surface area contributed by atoms with Crippen molar-refractivity contribution >= 4 is 38.8 Å². The van der Waals surface area contributed by atoms with Crippen molar-refractivity contribution in [2.75, 3.05) is 11.9 Å². The van der Waals surface area contributed by atoms with Crippen LogP contribution in [0.25, 0.3) is 0 Å². The Labute approximate surface area is 131 Å². The highest BCUT2D eigenvalue weighted by Gasteiger charge is 2.05. The van der Waals surface area contributed by atoms with E-state index in [4.69, 9.17) is 18.0 Å². The molecule has 0 bridgehead atoms. The Balaban J connectivity index is 2.04. The first-order valence-corrected chi connectivity index (χ1v) is 7.34. The topological polar surface area (TPSA) is 38.0 Å². The fraction of sp³-hybridized carbons (Fsp3) is 0.133. The minimum absolute atomic E-state index is 0.214. The Morgan fingerprint density at radius 2 is 2.05 bits per heavy atom. The summed E-state index contributed by atoms with van der Waals surface area (Å²) in [4.78, 5) is 0.353. The van der Waals surface area contributed by atoms with Gasteiger partial charge in [0, 0.05) is 22.3 Å². The lowest BCUT2D eigenvalue weighted by Crippen LogP contribution is -2.14. The fourth-order valence-corrected chi connectivity index (χ4v) is 2.45. The van der Waals surface area contributed by atoms with Gasteiger partial charge in [0.25, 0.3) is 0 Å². The van der Waals surface area contributed by atoms with Gasteiger partial charge in [0.05, 0.1) is 0 Å². The number of benzene rings is 2. The van der Waals surface area contributed by atoms with E-state index in [0.717, 1.165) is 27.7 Å². The first-order valence-electron chi connectivity index (χ1n) is 6.14. The lowest BCUT2D eigenvalue weighted by Gasteiger charge is -2.12. The lowest BCUT2D eigenvalue weighted by molar-refractivity contribution is 0.625. The Morgan fingerprint density at radius 1 is 1.25 bits per heavy atom. The monoisotopic (exact) mass is 352 g/mol. The molecule has 3 N–H and O–H groups in total. The molecule has 104 valence electrons. The summed E-state index contributed by atoms with van der Waals surface area (Å²) in [6, 6.07) is 12.3. The molecule has 2 aromatic rings. The van der Waals surface area contributed by atoms with Crippen LogP contribution in [0.1, 0.15) is 11.1 Å². The summed E-state index contributed by atoms with van der Waals surface area (Å²) in [5.41, 5.74) is 8.33. The molecule has 5 heteroatoms. The zero-order valence-electron chi connectivity index (χ0n) is 10.7. The van der Waals surface area contributed by atoms with Crippen molar-refractivity contribution < 1.29 is 4.39 Å². The summed E-state index contributed by atoms with van der Waals surface area (Å²) < 4.78 is 14.0. The highest BCUT2D eigenvalue weighted by Crippen LogP contribution is 2.21. The molecular formula is C15H14BrFN2S. The molecule has 0 spiro atoms. The van der Waals surface area contributed by atoms with Gasteiger partial charge in [-0.05, 0) is 42.3 Å². The first kappa shape index (κ1) is 14.9. The van der Waals surface area contributed by atoms with E-state index in [2.05, 4.69) is 21.2 Å². The Bertz CT molecular complexity index is 631. The molecule has 20 heavy (non-hydrogen) atoms. The first-order chi connectivity index (χ1) is 9.56. The number of thiocarbonyl (C=S) groups is 1. The molecule has 2 rings (SSSR count). The van der Waals surface area contributed by atoms with Crippen molar-refractivity contribution in [2.45, 2.75) is 6.42 Å². The number of halogens is 2. The van der Waals surface area contributed by atoms with E-state index in [0.29, 0.717) is 11.5 Å². The van der Waals surface area contributed by atoms with Crippen LogP contribution in [0.4, 0.5) is 10.1 Å². The van der Waals surface area contributed by atoms with Gasteiger partial charge in [-0.25, -0.2) is 4.39 Å². The standard InChI is InChI=1S/C15H14BrFN2S/c16-11-4-5-13(15(18)20)14(9-11)19-7-6-10-2-1-3-12(17)8-10/h1-5,8-9,19H,6-7H2,(H2,18,20). The van der Waals surface area contributed by atoms with Crippen molar-refractivity contribution in [3.63, 3.8) is 0 Å². The number of hydrogen-bond acceptors (Lipinski definition) is 2. The van der Waals surface area contributed by atoms with E-state index in [-0.39, 0.29) is 5.82 Å². The summed E-state index contributed by atoms with van der Waals surface area (Å²) >= 11 is 8.44. The van der Waals surface area contributed by atoms with E-state index in [9.17, 15) is 4.39 Å². The molecule has 2 aromatic carbocycles. The largest absolute Gasteiger partial charge is 0.389 e. The quantitative estimate of drug-likeness (QED) is 0.802. The number of rotatable bonds is 5.